The summed E-state index contributed by atoms with van der Waals surface area (Å²) in [4.78, 5) is 12.3. The standard InChI is InChI=1S/C33H58O2/c1-5-6-7-8-9-12-24-35-31(34)16-13-14-25(2)28-19-20-29-27-18-17-26-15-10-11-22-32(26,3)30(27)21-23-33(28,29)4/h25-30H,5-24H2,1-4H3/t25-,26+,27+,28?,29?,30?,32+,33-/m1/s1. The molecule has 0 heterocycles. The third kappa shape index (κ3) is 5.98. The quantitative estimate of drug-likeness (QED) is 0.203. The van der Waals surface area contributed by atoms with Crippen molar-refractivity contribution in [3.8, 4) is 0 Å². The number of fused-ring (bicyclic) bond motifs is 5. The summed E-state index contributed by atoms with van der Waals surface area (Å²) in [5.41, 5.74) is 1.21. The summed E-state index contributed by atoms with van der Waals surface area (Å²) in [6, 6.07) is 0. The molecule has 2 heteroatoms. The monoisotopic (exact) mass is 486 g/mol. The van der Waals surface area contributed by atoms with Crippen LogP contribution in [-0.2, 0) is 9.53 Å². The Bertz CT molecular complexity index is 672. The van der Waals surface area contributed by atoms with Gasteiger partial charge in [-0.3, -0.25) is 4.79 Å². The molecule has 4 rings (SSSR count). The van der Waals surface area contributed by atoms with Crippen LogP contribution in [0, 0.1) is 46.3 Å². The highest BCUT2D eigenvalue weighted by atomic mass is 16.5. The van der Waals surface area contributed by atoms with Crippen molar-refractivity contribution in [3.05, 3.63) is 0 Å². The molecule has 0 N–H and O–H groups in total. The first-order valence-electron chi connectivity index (χ1n) is 16.1. The Morgan fingerprint density at radius 3 is 2.43 bits per heavy atom. The molecule has 0 saturated heterocycles. The molecule has 4 saturated carbocycles. The Morgan fingerprint density at radius 1 is 0.829 bits per heavy atom. The summed E-state index contributed by atoms with van der Waals surface area (Å²) in [6.45, 7) is 10.8. The maximum atomic E-state index is 12.3. The Balaban J connectivity index is 1.21. The first-order chi connectivity index (χ1) is 16.9. The van der Waals surface area contributed by atoms with E-state index in [0.29, 0.717) is 23.9 Å². The van der Waals surface area contributed by atoms with E-state index in [9.17, 15) is 4.79 Å². The lowest BCUT2D eigenvalue weighted by atomic mass is 9.44. The first kappa shape index (κ1) is 27.5. The molecule has 4 fully saturated rings. The van der Waals surface area contributed by atoms with Crippen molar-refractivity contribution < 1.29 is 9.53 Å². The van der Waals surface area contributed by atoms with Crippen molar-refractivity contribution in [1.82, 2.24) is 0 Å². The smallest absolute Gasteiger partial charge is 0.305 e. The SMILES string of the molecule is CCCCCCCCOC(=O)CCC[C@@H](C)C1CCC2[C@@H]3CC[C@@H]4CCCC[C@]4(C)C3CC[C@@]21C. The highest BCUT2D eigenvalue weighted by molar-refractivity contribution is 5.69. The fraction of sp³-hybridized carbons (Fsp3) is 0.970. The summed E-state index contributed by atoms with van der Waals surface area (Å²) >= 11 is 0. The minimum absolute atomic E-state index is 0.0410. The predicted octanol–water partition coefficient (Wildman–Crippen LogP) is 9.75. The van der Waals surface area contributed by atoms with E-state index in [1.165, 1.54) is 103 Å². The maximum Gasteiger partial charge on any atom is 0.305 e. The molecule has 35 heavy (non-hydrogen) atoms. The highest BCUT2D eigenvalue weighted by Crippen LogP contribution is 2.68. The van der Waals surface area contributed by atoms with Gasteiger partial charge in [0.25, 0.3) is 0 Å². The Kier molecular flexibility index (Phi) is 9.70. The topological polar surface area (TPSA) is 26.3 Å². The van der Waals surface area contributed by atoms with Gasteiger partial charge in [0.05, 0.1) is 6.61 Å². The molecule has 0 bridgehead atoms. The molecule has 3 unspecified atom stereocenters. The average molecular weight is 487 g/mol. The van der Waals surface area contributed by atoms with Crippen molar-refractivity contribution in [2.45, 2.75) is 150 Å². The Hall–Kier alpha value is -0.530. The van der Waals surface area contributed by atoms with Crippen LogP contribution >= 0.6 is 0 Å². The van der Waals surface area contributed by atoms with Crippen LogP contribution in [0.5, 0.6) is 0 Å². The normalized spacial score (nSPS) is 39.4. The largest absolute Gasteiger partial charge is 0.466 e. The minimum Gasteiger partial charge on any atom is -0.466 e. The van der Waals surface area contributed by atoms with Crippen LogP contribution in [0.25, 0.3) is 0 Å². The van der Waals surface area contributed by atoms with Crippen molar-refractivity contribution in [3.63, 3.8) is 0 Å². The fourth-order valence-electron chi connectivity index (χ4n) is 10.2. The maximum absolute atomic E-state index is 12.3. The molecular weight excluding hydrogens is 428 g/mol. The summed E-state index contributed by atoms with van der Waals surface area (Å²) in [7, 11) is 0. The number of unbranched alkanes of at least 4 members (excludes halogenated alkanes) is 5. The van der Waals surface area contributed by atoms with Gasteiger partial charge in [-0.1, -0.05) is 72.6 Å². The number of ether oxygens (including phenoxy) is 1. The van der Waals surface area contributed by atoms with Gasteiger partial charge in [0.1, 0.15) is 0 Å². The van der Waals surface area contributed by atoms with Gasteiger partial charge in [-0.05, 0) is 117 Å². The van der Waals surface area contributed by atoms with Crippen LogP contribution in [-0.4, -0.2) is 12.6 Å². The van der Waals surface area contributed by atoms with E-state index in [1.54, 1.807) is 0 Å². The molecule has 0 amide bonds. The third-order valence-electron chi connectivity index (χ3n) is 12.1. The average Bonchev–Trinajstić information content (AvgIpc) is 3.20. The van der Waals surface area contributed by atoms with E-state index < -0.39 is 0 Å². The van der Waals surface area contributed by atoms with Gasteiger partial charge in [-0.15, -0.1) is 0 Å². The number of esters is 1. The molecule has 4 aliphatic carbocycles. The lowest BCUT2D eigenvalue weighted by Crippen LogP contribution is -2.53. The van der Waals surface area contributed by atoms with Crippen molar-refractivity contribution in [2.75, 3.05) is 6.61 Å². The second kappa shape index (κ2) is 12.3. The van der Waals surface area contributed by atoms with Gasteiger partial charge in [0.2, 0.25) is 0 Å². The van der Waals surface area contributed by atoms with E-state index in [1.807, 2.05) is 0 Å². The van der Waals surface area contributed by atoms with E-state index in [4.69, 9.17) is 4.74 Å². The lowest BCUT2D eigenvalue weighted by molar-refractivity contribution is -0.144. The summed E-state index contributed by atoms with van der Waals surface area (Å²) in [5, 5.41) is 0. The van der Waals surface area contributed by atoms with Gasteiger partial charge in [0, 0.05) is 6.42 Å². The van der Waals surface area contributed by atoms with Crippen LogP contribution in [0.1, 0.15) is 150 Å². The molecule has 0 aromatic heterocycles. The molecule has 4 aliphatic rings. The molecule has 0 aromatic carbocycles. The van der Waals surface area contributed by atoms with E-state index in [-0.39, 0.29) is 5.97 Å². The lowest BCUT2D eigenvalue weighted by Gasteiger charge is -2.61. The van der Waals surface area contributed by atoms with Crippen LogP contribution < -0.4 is 0 Å². The number of hydrogen-bond acceptors (Lipinski definition) is 2. The number of carbonyl (C=O) groups is 1. The fourth-order valence-corrected chi connectivity index (χ4v) is 10.2. The highest BCUT2D eigenvalue weighted by Gasteiger charge is 2.60. The first-order valence-corrected chi connectivity index (χ1v) is 16.1. The van der Waals surface area contributed by atoms with Crippen LogP contribution in [0.4, 0.5) is 0 Å². The molecule has 202 valence electrons. The molecule has 0 spiro atoms. The second-order valence-corrected chi connectivity index (χ2v) is 14.0. The molecular formula is C33H58O2. The van der Waals surface area contributed by atoms with Gasteiger partial charge in [0.15, 0.2) is 0 Å². The zero-order chi connectivity index (χ0) is 24.9. The second-order valence-electron chi connectivity index (χ2n) is 14.0. The van der Waals surface area contributed by atoms with Gasteiger partial charge >= 0.3 is 5.97 Å². The molecule has 8 atom stereocenters. The van der Waals surface area contributed by atoms with Crippen molar-refractivity contribution >= 4 is 5.97 Å². The predicted molar refractivity (Wildman–Crippen MR) is 147 cm³/mol. The zero-order valence-electron chi connectivity index (χ0n) is 23.9. The van der Waals surface area contributed by atoms with Crippen LogP contribution in [0.3, 0.4) is 0 Å². The van der Waals surface area contributed by atoms with Gasteiger partial charge < -0.3 is 4.74 Å². The zero-order valence-corrected chi connectivity index (χ0v) is 23.9. The summed E-state index contributed by atoms with van der Waals surface area (Å²) in [6.07, 6.45) is 25.2. The third-order valence-corrected chi connectivity index (χ3v) is 12.1. The molecule has 0 aromatic rings. The van der Waals surface area contributed by atoms with Crippen LogP contribution in [0.2, 0.25) is 0 Å². The number of hydrogen-bond donors (Lipinski definition) is 0. The van der Waals surface area contributed by atoms with E-state index in [2.05, 4.69) is 27.7 Å². The van der Waals surface area contributed by atoms with Gasteiger partial charge in [-0.25, -0.2) is 0 Å². The Labute approximate surface area is 218 Å². The summed E-state index contributed by atoms with van der Waals surface area (Å²) in [5.74, 6) is 5.66. The number of rotatable bonds is 12. The number of carbonyl (C=O) groups excluding carboxylic acids is 1. The molecule has 0 radical (unpaired) electrons. The van der Waals surface area contributed by atoms with Crippen molar-refractivity contribution in [2.24, 2.45) is 46.3 Å². The van der Waals surface area contributed by atoms with Crippen molar-refractivity contribution in [1.29, 1.82) is 0 Å². The Morgan fingerprint density at radius 2 is 1.60 bits per heavy atom. The van der Waals surface area contributed by atoms with Crippen LogP contribution in [0.15, 0.2) is 0 Å². The van der Waals surface area contributed by atoms with E-state index in [0.717, 1.165) is 48.3 Å². The molecule has 2 nitrogen and oxygen atoms in total. The van der Waals surface area contributed by atoms with E-state index >= 15 is 0 Å². The summed E-state index contributed by atoms with van der Waals surface area (Å²) < 4.78 is 5.53. The minimum atomic E-state index is 0.0410. The molecule has 0 aliphatic heterocycles. The van der Waals surface area contributed by atoms with Gasteiger partial charge in [-0.2, -0.15) is 0 Å².